The van der Waals surface area contributed by atoms with Crippen molar-refractivity contribution in [2.24, 2.45) is 0 Å². The molecule has 0 unspecified atom stereocenters. The molecule has 3 aromatic rings. The molecule has 0 aliphatic carbocycles. The largest absolute Gasteiger partial charge is 0.464 e. The molecule has 0 amide bonds. The Kier molecular flexibility index (Phi) is 5.41. The van der Waals surface area contributed by atoms with Gasteiger partial charge in [0.2, 0.25) is 0 Å². The summed E-state index contributed by atoms with van der Waals surface area (Å²) in [6.45, 7) is 1.78. The molecule has 118 valence electrons. The van der Waals surface area contributed by atoms with E-state index in [4.69, 9.17) is 4.42 Å². The van der Waals surface area contributed by atoms with E-state index in [0.717, 1.165) is 41.9 Å². The standard InChI is InChI=1S/C15H19N3OS3/c1-18(2)7-11-3-4-12(19-11)8-20-6-5-16-15-13-9-21-10-14(13)22-17-15/h3-4,9-10H,5-8H2,1-2H3,(H,16,17). The number of thiophene rings is 1. The topological polar surface area (TPSA) is 41.3 Å². The number of fused-ring (bicyclic) bond motifs is 1. The molecule has 3 rings (SSSR count). The number of nitrogens with one attached hydrogen (secondary N) is 1. The Hall–Kier alpha value is -1.02. The molecule has 4 nitrogen and oxygen atoms in total. The summed E-state index contributed by atoms with van der Waals surface area (Å²) in [7, 11) is 4.09. The van der Waals surface area contributed by atoms with Gasteiger partial charge in [-0.25, -0.2) is 0 Å². The van der Waals surface area contributed by atoms with Gasteiger partial charge in [0, 0.05) is 28.4 Å². The summed E-state index contributed by atoms with van der Waals surface area (Å²) in [5.74, 6) is 5.05. The van der Waals surface area contributed by atoms with Gasteiger partial charge < -0.3 is 14.6 Å². The number of anilines is 1. The maximum absolute atomic E-state index is 5.80. The number of hydrogen-bond acceptors (Lipinski definition) is 7. The van der Waals surface area contributed by atoms with Crippen LogP contribution in [0.1, 0.15) is 11.5 Å². The second-order valence-corrected chi connectivity index (χ2v) is 7.92. The minimum absolute atomic E-state index is 0.854. The Morgan fingerprint density at radius 2 is 2.14 bits per heavy atom. The highest BCUT2D eigenvalue weighted by Crippen LogP contribution is 2.29. The van der Waals surface area contributed by atoms with Crippen LogP contribution in [0.15, 0.2) is 27.3 Å². The van der Waals surface area contributed by atoms with Gasteiger partial charge in [-0.05, 0) is 37.8 Å². The fourth-order valence-corrected chi connectivity index (χ4v) is 4.57. The van der Waals surface area contributed by atoms with E-state index in [9.17, 15) is 0 Å². The SMILES string of the molecule is CN(C)Cc1ccc(CSCCNc2nsc3cscc23)o1. The van der Waals surface area contributed by atoms with Gasteiger partial charge >= 0.3 is 0 Å². The highest BCUT2D eigenvalue weighted by molar-refractivity contribution is 7.98. The third kappa shape index (κ3) is 4.04. The molecule has 3 heterocycles. The smallest absolute Gasteiger partial charge is 0.148 e. The normalized spacial score (nSPS) is 11.6. The van der Waals surface area contributed by atoms with Gasteiger partial charge in [-0.3, -0.25) is 0 Å². The molecule has 0 radical (unpaired) electrons. The van der Waals surface area contributed by atoms with E-state index < -0.39 is 0 Å². The van der Waals surface area contributed by atoms with E-state index in [1.807, 2.05) is 25.9 Å². The summed E-state index contributed by atoms with van der Waals surface area (Å²) >= 11 is 5.17. The zero-order chi connectivity index (χ0) is 15.4. The first-order valence-electron chi connectivity index (χ1n) is 7.08. The maximum atomic E-state index is 5.80. The lowest BCUT2D eigenvalue weighted by molar-refractivity contribution is 0.344. The lowest BCUT2D eigenvalue weighted by Gasteiger charge is -2.06. The molecule has 0 fully saturated rings. The summed E-state index contributed by atoms with van der Waals surface area (Å²) in [6, 6.07) is 4.14. The number of furan rings is 1. The van der Waals surface area contributed by atoms with Gasteiger partial charge in [0.25, 0.3) is 0 Å². The summed E-state index contributed by atoms with van der Waals surface area (Å²) in [4.78, 5) is 2.11. The van der Waals surface area contributed by atoms with Crippen LogP contribution >= 0.6 is 34.6 Å². The maximum Gasteiger partial charge on any atom is 0.148 e. The molecule has 22 heavy (non-hydrogen) atoms. The van der Waals surface area contributed by atoms with Crippen molar-refractivity contribution in [2.75, 3.05) is 31.7 Å². The zero-order valence-corrected chi connectivity index (χ0v) is 15.1. The van der Waals surface area contributed by atoms with E-state index in [1.165, 1.54) is 10.1 Å². The van der Waals surface area contributed by atoms with Crippen molar-refractivity contribution < 1.29 is 4.42 Å². The first kappa shape index (κ1) is 15.9. The predicted molar refractivity (Wildman–Crippen MR) is 98.2 cm³/mol. The van der Waals surface area contributed by atoms with Crippen LogP contribution in [-0.2, 0) is 12.3 Å². The fraction of sp³-hybridized carbons (Fsp3) is 0.400. The zero-order valence-electron chi connectivity index (χ0n) is 12.7. The van der Waals surface area contributed by atoms with Gasteiger partial charge in [0.15, 0.2) is 0 Å². The van der Waals surface area contributed by atoms with Crippen molar-refractivity contribution in [2.45, 2.75) is 12.3 Å². The van der Waals surface area contributed by atoms with Crippen molar-refractivity contribution >= 4 is 50.5 Å². The van der Waals surface area contributed by atoms with Crippen molar-refractivity contribution in [1.29, 1.82) is 0 Å². The second kappa shape index (κ2) is 7.50. The van der Waals surface area contributed by atoms with E-state index in [-0.39, 0.29) is 0 Å². The molecule has 1 N–H and O–H groups in total. The molecule has 0 atom stereocenters. The number of rotatable bonds is 8. The highest BCUT2D eigenvalue weighted by Gasteiger charge is 2.06. The molecule has 0 saturated heterocycles. The summed E-state index contributed by atoms with van der Waals surface area (Å²) in [6.07, 6.45) is 0. The Labute approximate surface area is 142 Å². The highest BCUT2D eigenvalue weighted by atomic mass is 32.2. The fourth-order valence-electron chi connectivity index (χ4n) is 2.11. The van der Waals surface area contributed by atoms with Gasteiger partial charge in [0.1, 0.15) is 17.3 Å². The Bertz CT molecular complexity index is 716. The molecule has 0 bridgehead atoms. The average Bonchev–Trinajstić information content (AvgIpc) is 3.16. The average molecular weight is 354 g/mol. The van der Waals surface area contributed by atoms with Crippen molar-refractivity contribution in [3.05, 3.63) is 34.4 Å². The molecule has 7 heteroatoms. The minimum Gasteiger partial charge on any atom is -0.464 e. The summed E-state index contributed by atoms with van der Waals surface area (Å²) in [5, 5.41) is 8.97. The van der Waals surface area contributed by atoms with Gasteiger partial charge in [-0.15, -0.1) is 0 Å². The van der Waals surface area contributed by atoms with Crippen LogP contribution in [0, 0.1) is 0 Å². The third-order valence-corrected chi connectivity index (χ3v) is 5.77. The summed E-state index contributed by atoms with van der Waals surface area (Å²) in [5.41, 5.74) is 0. The predicted octanol–water partition coefficient (Wildman–Crippen LogP) is 4.36. The van der Waals surface area contributed by atoms with Crippen LogP contribution < -0.4 is 5.32 Å². The Morgan fingerprint density at radius 3 is 3.00 bits per heavy atom. The molecular formula is C15H19N3OS3. The Balaban J connectivity index is 1.39. The molecule has 3 aromatic heterocycles. The molecular weight excluding hydrogens is 334 g/mol. The second-order valence-electron chi connectivity index (χ2n) is 5.27. The number of thioether (sulfide) groups is 1. The van der Waals surface area contributed by atoms with Crippen molar-refractivity contribution in [3.63, 3.8) is 0 Å². The van der Waals surface area contributed by atoms with Crippen LogP contribution in [0.3, 0.4) is 0 Å². The molecule has 0 spiro atoms. The van der Waals surface area contributed by atoms with Gasteiger partial charge in [0.05, 0.1) is 17.0 Å². The molecule has 0 aliphatic heterocycles. The molecule has 0 saturated carbocycles. The van der Waals surface area contributed by atoms with Crippen molar-refractivity contribution in [3.8, 4) is 0 Å². The first-order valence-corrected chi connectivity index (χ1v) is 9.95. The summed E-state index contributed by atoms with van der Waals surface area (Å²) < 4.78 is 11.5. The minimum atomic E-state index is 0.854. The van der Waals surface area contributed by atoms with Crippen LogP contribution in [-0.4, -0.2) is 35.7 Å². The lowest BCUT2D eigenvalue weighted by atomic mass is 10.4. The first-order chi connectivity index (χ1) is 10.7. The lowest BCUT2D eigenvalue weighted by Crippen LogP contribution is -2.09. The third-order valence-electron chi connectivity index (χ3n) is 3.09. The number of hydrogen-bond donors (Lipinski definition) is 1. The quantitative estimate of drug-likeness (QED) is 0.610. The van der Waals surface area contributed by atoms with E-state index >= 15 is 0 Å². The van der Waals surface area contributed by atoms with E-state index in [2.05, 4.69) is 37.5 Å². The monoisotopic (exact) mass is 353 g/mol. The molecule has 0 aliphatic rings. The van der Waals surface area contributed by atoms with Gasteiger partial charge in [-0.1, -0.05) is 0 Å². The molecule has 0 aromatic carbocycles. The van der Waals surface area contributed by atoms with Crippen molar-refractivity contribution in [1.82, 2.24) is 9.27 Å². The number of aromatic nitrogens is 1. The van der Waals surface area contributed by atoms with Crippen LogP contribution in [0.2, 0.25) is 0 Å². The Morgan fingerprint density at radius 1 is 1.27 bits per heavy atom. The van der Waals surface area contributed by atoms with Crippen LogP contribution in [0.4, 0.5) is 5.82 Å². The van der Waals surface area contributed by atoms with Crippen LogP contribution in [0.5, 0.6) is 0 Å². The van der Waals surface area contributed by atoms with Gasteiger partial charge in [-0.2, -0.15) is 27.5 Å². The van der Waals surface area contributed by atoms with Crippen LogP contribution in [0.25, 0.3) is 10.1 Å². The van der Waals surface area contributed by atoms with E-state index in [0.29, 0.717) is 0 Å². The van der Waals surface area contributed by atoms with E-state index in [1.54, 1.807) is 22.9 Å². The number of nitrogens with zero attached hydrogens (tertiary/aromatic N) is 2.